The molecule has 1 aliphatic rings. The number of ether oxygens (including phenoxy) is 2. The summed E-state index contributed by atoms with van der Waals surface area (Å²) in [7, 11) is 0. The summed E-state index contributed by atoms with van der Waals surface area (Å²) in [5.74, 6) is 0.916. The van der Waals surface area contributed by atoms with Crippen molar-refractivity contribution in [2.75, 3.05) is 11.5 Å². The second-order valence-corrected chi connectivity index (χ2v) is 7.93. The molecule has 3 aromatic carbocycles. The fourth-order valence-electron chi connectivity index (χ4n) is 3.19. The van der Waals surface area contributed by atoms with Crippen LogP contribution in [-0.4, -0.2) is 23.6 Å². The fourth-order valence-corrected chi connectivity index (χ4v) is 4.36. The molecule has 0 unspecified atom stereocenters. The van der Waals surface area contributed by atoms with Gasteiger partial charge in [0.05, 0.1) is 15.9 Å². The summed E-state index contributed by atoms with van der Waals surface area (Å²) in [5.41, 5.74) is 1.46. The van der Waals surface area contributed by atoms with Crippen molar-refractivity contribution in [3.63, 3.8) is 0 Å². The lowest BCUT2D eigenvalue weighted by atomic mass is 10.2. The van der Waals surface area contributed by atoms with Crippen molar-refractivity contribution in [3.05, 3.63) is 77.8 Å². The predicted octanol–water partition coefficient (Wildman–Crippen LogP) is 5.45. The first-order valence-electron chi connectivity index (χ1n) is 9.03. The van der Waals surface area contributed by atoms with Crippen LogP contribution in [0.4, 0.5) is 10.8 Å². The largest absolute Gasteiger partial charge is 0.485 e. The number of halogens is 1. The molecule has 0 saturated carbocycles. The van der Waals surface area contributed by atoms with Crippen LogP contribution in [0.15, 0.2) is 72.8 Å². The van der Waals surface area contributed by atoms with Crippen molar-refractivity contribution in [1.29, 1.82) is 0 Å². The average Bonchev–Trinajstić information content (AvgIpc) is 3.17. The topological polar surface area (TPSA) is 51.7 Å². The van der Waals surface area contributed by atoms with Gasteiger partial charge >= 0.3 is 0 Å². The maximum Gasteiger partial charge on any atom is 0.278 e. The third kappa shape index (κ3) is 3.41. The van der Waals surface area contributed by atoms with Crippen LogP contribution in [0.3, 0.4) is 0 Å². The SMILES string of the molecule is O=C([C@H]1COc2ccccc2O1)N(c1cccc(Cl)c1)c1nc2ccccc2s1. The minimum Gasteiger partial charge on any atom is -0.485 e. The molecule has 0 saturated heterocycles. The number of aromatic nitrogens is 1. The Bertz CT molecular complexity index is 1180. The van der Waals surface area contributed by atoms with E-state index in [0.717, 1.165) is 10.2 Å². The van der Waals surface area contributed by atoms with Crippen molar-refractivity contribution in [1.82, 2.24) is 4.98 Å². The number of thiazole rings is 1. The number of amides is 1. The van der Waals surface area contributed by atoms with Gasteiger partial charge in [-0.05, 0) is 42.5 Å². The molecule has 4 aromatic rings. The third-order valence-electron chi connectivity index (χ3n) is 4.54. The Labute approximate surface area is 176 Å². The molecule has 144 valence electrons. The first-order chi connectivity index (χ1) is 14.2. The quantitative estimate of drug-likeness (QED) is 0.440. The summed E-state index contributed by atoms with van der Waals surface area (Å²) in [6.45, 7) is 0.123. The molecule has 1 atom stereocenters. The highest BCUT2D eigenvalue weighted by molar-refractivity contribution is 7.22. The molecule has 1 aliphatic heterocycles. The standard InChI is InChI=1S/C22H15ClN2O3S/c23-14-6-5-7-15(12-14)25(22-24-16-8-1-4-11-20(16)29-22)21(26)19-13-27-17-9-2-3-10-18(17)28-19/h1-12,19H,13H2/t19-/m1/s1. The van der Waals surface area contributed by atoms with Crippen molar-refractivity contribution in [2.24, 2.45) is 0 Å². The smallest absolute Gasteiger partial charge is 0.278 e. The number of fused-ring (bicyclic) bond motifs is 2. The van der Waals surface area contributed by atoms with Gasteiger partial charge in [-0.2, -0.15) is 0 Å². The molecular formula is C22H15ClN2O3S. The van der Waals surface area contributed by atoms with Gasteiger partial charge in [0.25, 0.3) is 5.91 Å². The van der Waals surface area contributed by atoms with Gasteiger partial charge in [0.1, 0.15) is 6.61 Å². The maximum atomic E-state index is 13.5. The zero-order valence-corrected chi connectivity index (χ0v) is 16.7. The Kier molecular flexibility index (Phi) is 4.58. The number of hydrogen-bond acceptors (Lipinski definition) is 5. The number of nitrogens with zero attached hydrogens (tertiary/aromatic N) is 2. The zero-order valence-electron chi connectivity index (χ0n) is 15.1. The first-order valence-corrected chi connectivity index (χ1v) is 10.2. The van der Waals surface area contributed by atoms with Gasteiger partial charge in [0.15, 0.2) is 16.6 Å². The molecule has 0 aliphatic carbocycles. The Hall–Kier alpha value is -3.09. The Morgan fingerprint density at radius 2 is 1.83 bits per heavy atom. The van der Waals surface area contributed by atoms with Crippen LogP contribution in [0.5, 0.6) is 11.5 Å². The van der Waals surface area contributed by atoms with Gasteiger partial charge in [-0.3, -0.25) is 9.69 Å². The molecule has 1 amide bonds. The highest BCUT2D eigenvalue weighted by Gasteiger charge is 2.34. The van der Waals surface area contributed by atoms with E-state index in [1.54, 1.807) is 29.2 Å². The number of para-hydroxylation sites is 3. The number of carbonyl (C=O) groups is 1. The second-order valence-electron chi connectivity index (χ2n) is 6.48. The molecule has 0 radical (unpaired) electrons. The van der Waals surface area contributed by atoms with Crippen molar-refractivity contribution >= 4 is 49.9 Å². The third-order valence-corrected chi connectivity index (χ3v) is 5.80. The Balaban J connectivity index is 1.56. The highest BCUT2D eigenvalue weighted by Crippen LogP contribution is 2.37. The number of hydrogen-bond donors (Lipinski definition) is 0. The van der Waals surface area contributed by atoms with Crippen LogP contribution in [0.2, 0.25) is 5.02 Å². The molecule has 0 bridgehead atoms. The lowest BCUT2D eigenvalue weighted by Crippen LogP contribution is -2.44. The summed E-state index contributed by atoms with van der Waals surface area (Å²) >= 11 is 7.64. The van der Waals surface area contributed by atoms with E-state index in [0.29, 0.717) is 27.3 Å². The first kappa shape index (κ1) is 18.0. The molecule has 0 spiro atoms. The molecule has 0 fully saturated rings. The number of rotatable bonds is 3. The highest BCUT2D eigenvalue weighted by atomic mass is 35.5. The van der Waals surface area contributed by atoms with Crippen LogP contribution in [0.1, 0.15) is 0 Å². The Morgan fingerprint density at radius 3 is 2.66 bits per heavy atom. The zero-order chi connectivity index (χ0) is 19.8. The summed E-state index contributed by atoms with van der Waals surface area (Å²) in [6, 6.07) is 22.2. The summed E-state index contributed by atoms with van der Waals surface area (Å²) in [4.78, 5) is 19.8. The van der Waals surface area contributed by atoms with Gasteiger partial charge in [-0.25, -0.2) is 4.98 Å². The summed E-state index contributed by atoms with van der Waals surface area (Å²) in [5, 5.41) is 1.09. The van der Waals surface area contributed by atoms with E-state index in [2.05, 4.69) is 4.98 Å². The van der Waals surface area contributed by atoms with Gasteiger partial charge < -0.3 is 9.47 Å². The van der Waals surface area contributed by atoms with E-state index >= 15 is 0 Å². The van der Waals surface area contributed by atoms with Crippen LogP contribution < -0.4 is 14.4 Å². The minimum absolute atomic E-state index is 0.123. The van der Waals surface area contributed by atoms with Crippen LogP contribution in [0, 0.1) is 0 Å². The van der Waals surface area contributed by atoms with E-state index in [1.165, 1.54) is 11.3 Å². The van der Waals surface area contributed by atoms with Crippen LogP contribution in [0.25, 0.3) is 10.2 Å². The van der Waals surface area contributed by atoms with E-state index in [-0.39, 0.29) is 12.5 Å². The van der Waals surface area contributed by atoms with E-state index in [9.17, 15) is 4.79 Å². The van der Waals surface area contributed by atoms with Crippen LogP contribution in [-0.2, 0) is 4.79 Å². The summed E-state index contributed by atoms with van der Waals surface area (Å²) in [6.07, 6.45) is -0.795. The second kappa shape index (κ2) is 7.39. The van der Waals surface area contributed by atoms with Gasteiger partial charge in [-0.15, -0.1) is 0 Å². The average molecular weight is 423 g/mol. The lowest BCUT2D eigenvalue weighted by Gasteiger charge is -2.29. The molecule has 2 heterocycles. The Morgan fingerprint density at radius 1 is 1.03 bits per heavy atom. The molecule has 5 rings (SSSR count). The molecule has 5 nitrogen and oxygen atoms in total. The van der Waals surface area contributed by atoms with Gasteiger partial charge in [-0.1, -0.05) is 53.3 Å². The number of benzene rings is 3. The van der Waals surface area contributed by atoms with Crippen LogP contribution >= 0.6 is 22.9 Å². The fraction of sp³-hybridized carbons (Fsp3) is 0.0909. The summed E-state index contributed by atoms with van der Waals surface area (Å²) < 4.78 is 12.7. The van der Waals surface area contributed by atoms with Gasteiger partial charge in [0, 0.05) is 5.02 Å². The molecule has 29 heavy (non-hydrogen) atoms. The predicted molar refractivity (Wildman–Crippen MR) is 115 cm³/mol. The lowest BCUT2D eigenvalue weighted by molar-refractivity contribution is -0.126. The molecular weight excluding hydrogens is 408 g/mol. The maximum absolute atomic E-state index is 13.5. The van der Waals surface area contributed by atoms with E-state index < -0.39 is 6.10 Å². The number of carbonyl (C=O) groups excluding carboxylic acids is 1. The van der Waals surface area contributed by atoms with Crippen molar-refractivity contribution in [2.45, 2.75) is 6.10 Å². The number of anilines is 2. The molecule has 1 aromatic heterocycles. The molecule has 7 heteroatoms. The van der Waals surface area contributed by atoms with E-state index in [4.69, 9.17) is 21.1 Å². The minimum atomic E-state index is -0.795. The van der Waals surface area contributed by atoms with Gasteiger partial charge in [0.2, 0.25) is 6.10 Å². The van der Waals surface area contributed by atoms with E-state index in [1.807, 2.05) is 48.5 Å². The normalized spacial score (nSPS) is 15.3. The monoisotopic (exact) mass is 422 g/mol. The molecule has 0 N–H and O–H groups in total. The van der Waals surface area contributed by atoms with Crippen molar-refractivity contribution < 1.29 is 14.3 Å². The van der Waals surface area contributed by atoms with Crippen molar-refractivity contribution in [3.8, 4) is 11.5 Å².